The average molecular weight is 269 g/mol. The first-order valence-electron chi connectivity index (χ1n) is 7.90. The lowest BCUT2D eigenvalue weighted by Crippen LogP contribution is -2.51. The van der Waals surface area contributed by atoms with Crippen molar-refractivity contribution in [2.24, 2.45) is 5.92 Å². The van der Waals surface area contributed by atoms with Crippen molar-refractivity contribution in [2.45, 2.75) is 38.3 Å². The molecule has 2 fully saturated rings. The highest BCUT2D eigenvalue weighted by molar-refractivity contribution is 4.85. The number of rotatable bonds is 5. The highest BCUT2D eigenvalue weighted by atomic mass is 16.5. The highest BCUT2D eigenvalue weighted by Gasteiger charge is 2.29. The molecule has 1 N–H and O–H groups in total. The summed E-state index contributed by atoms with van der Waals surface area (Å²) < 4.78 is 5.69. The van der Waals surface area contributed by atoms with Gasteiger partial charge in [-0.05, 0) is 46.4 Å². The van der Waals surface area contributed by atoms with Crippen molar-refractivity contribution < 1.29 is 4.74 Å². The molecule has 2 aliphatic heterocycles. The van der Waals surface area contributed by atoms with Crippen LogP contribution in [0.5, 0.6) is 0 Å². The Morgan fingerprint density at radius 2 is 2.21 bits per heavy atom. The molecule has 19 heavy (non-hydrogen) atoms. The van der Waals surface area contributed by atoms with Crippen LogP contribution in [-0.4, -0.2) is 75.4 Å². The molecule has 0 aliphatic carbocycles. The number of nitrogens with one attached hydrogen (secondary N) is 1. The third-order valence-corrected chi connectivity index (χ3v) is 4.69. The molecule has 2 heterocycles. The van der Waals surface area contributed by atoms with E-state index in [1.165, 1.54) is 25.9 Å². The van der Waals surface area contributed by atoms with Gasteiger partial charge in [0.15, 0.2) is 0 Å². The van der Waals surface area contributed by atoms with Crippen molar-refractivity contribution in [3.05, 3.63) is 0 Å². The molecule has 2 rings (SSSR count). The van der Waals surface area contributed by atoms with Gasteiger partial charge in [-0.3, -0.25) is 0 Å². The van der Waals surface area contributed by atoms with Crippen LogP contribution in [0.1, 0.15) is 26.2 Å². The lowest BCUT2D eigenvalue weighted by molar-refractivity contribution is 0.00960. The molecule has 4 nitrogen and oxygen atoms in total. The summed E-state index contributed by atoms with van der Waals surface area (Å²) in [6.07, 6.45) is 3.85. The minimum Gasteiger partial charge on any atom is -0.381 e. The average Bonchev–Trinajstić information content (AvgIpc) is 2.41. The topological polar surface area (TPSA) is 27.7 Å². The Hall–Kier alpha value is -0.160. The maximum absolute atomic E-state index is 5.69. The van der Waals surface area contributed by atoms with Gasteiger partial charge in [-0.25, -0.2) is 0 Å². The van der Waals surface area contributed by atoms with E-state index in [1.54, 1.807) is 0 Å². The minimum absolute atomic E-state index is 0.641. The molecule has 0 amide bonds. The van der Waals surface area contributed by atoms with Crippen molar-refractivity contribution in [3.8, 4) is 0 Å². The molecule has 3 atom stereocenters. The first-order chi connectivity index (χ1) is 9.20. The van der Waals surface area contributed by atoms with E-state index in [0.29, 0.717) is 12.0 Å². The number of hydrogen-bond acceptors (Lipinski definition) is 4. The Kier molecular flexibility index (Phi) is 6.07. The molecule has 0 bridgehead atoms. The van der Waals surface area contributed by atoms with Crippen molar-refractivity contribution in [1.29, 1.82) is 0 Å². The summed E-state index contributed by atoms with van der Waals surface area (Å²) in [4.78, 5) is 5.03. The summed E-state index contributed by atoms with van der Waals surface area (Å²) in [7, 11) is 4.53. The largest absolute Gasteiger partial charge is 0.381 e. The summed E-state index contributed by atoms with van der Waals surface area (Å²) in [6, 6.07) is 1.37. The fourth-order valence-corrected chi connectivity index (χ4v) is 3.53. The fraction of sp³-hybridized carbons (Fsp3) is 1.00. The van der Waals surface area contributed by atoms with E-state index in [1.807, 2.05) is 0 Å². The summed E-state index contributed by atoms with van der Waals surface area (Å²) in [6.45, 7) is 8.75. The van der Waals surface area contributed by atoms with Crippen LogP contribution in [0.2, 0.25) is 0 Å². The maximum atomic E-state index is 5.69. The van der Waals surface area contributed by atoms with Gasteiger partial charge in [-0.15, -0.1) is 0 Å². The van der Waals surface area contributed by atoms with Gasteiger partial charge >= 0.3 is 0 Å². The predicted octanol–water partition coefficient (Wildman–Crippen LogP) is 1.03. The van der Waals surface area contributed by atoms with E-state index in [4.69, 9.17) is 4.74 Å². The molecular formula is C15H31N3O. The monoisotopic (exact) mass is 269 g/mol. The zero-order valence-electron chi connectivity index (χ0n) is 12.9. The maximum Gasteiger partial charge on any atom is 0.0521 e. The highest BCUT2D eigenvalue weighted by Crippen LogP contribution is 2.19. The molecule has 3 unspecified atom stereocenters. The van der Waals surface area contributed by atoms with E-state index >= 15 is 0 Å². The molecule has 112 valence electrons. The van der Waals surface area contributed by atoms with Crippen LogP contribution in [0, 0.1) is 5.92 Å². The smallest absolute Gasteiger partial charge is 0.0521 e. The van der Waals surface area contributed by atoms with Crippen molar-refractivity contribution in [3.63, 3.8) is 0 Å². The normalized spacial score (nSPS) is 33.8. The van der Waals surface area contributed by atoms with E-state index in [9.17, 15) is 0 Å². The Bertz CT molecular complexity index is 260. The molecule has 0 aromatic carbocycles. The first-order valence-corrected chi connectivity index (χ1v) is 7.90. The quantitative estimate of drug-likeness (QED) is 0.807. The van der Waals surface area contributed by atoms with Crippen molar-refractivity contribution >= 4 is 0 Å². The third-order valence-electron chi connectivity index (χ3n) is 4.69. The Balaban J connectivity index is 1.83. The third kappa shape index (κ3) is 4.42. The van der Waals surface area contributed by atoms with Gasteiger partial charge in [0.1, 0.15) is 0 Å². The van der Waals surface area contributed by atoms with E-state index < -0.39 is 0 Å². The van der Waals surface area contributed by atoms with Crippen LogP contribution in [-0.2, 0) is 4.74 Å². The van der Waals surface area contributed by atoms with E-state index in [0.717, 1.165) is 38.8 Å². The molecule has 0 saturated carbocycles. The number of ether oxygens (including phenoxy) is 1. The lowest BCUT2D eigenvalue weighted by Gasteiger charge is -2.40. The molecule has 0 spiro atoms. The van der Waals surface area contributed by atoms with Crippen LogP contribution in [0.15, 0.2) is 0 Å². The molecule has 0 aromatic heterocycles. The van der Waals surface area contributed by atoms with Gasteiger partial charge in [0.05, 0.1) is 6.61 Å². The number of likely N-dealkylation sites (N-methyl/N-ethyl adjacent to an activating group) is 2. The second-order valence-electron chi connectivity index (χ2n) is 6.29. The SMILES string of the molecule is CCNC1CCOCC1CN(C)C1CCCN(C)C1. The van der Waals surface area contributed by atoms with Gasteiger partial charge in [0.2, 0.25) is 0 Å². The van der Waals surface area contributed by atoms with Crippen LogP contribution < -0.4 is 5.32 Å². The molecule has 0 radical (unpaired) electrons. The summed E-state index contributed by atoms with van der Waals surface area (Å²) in [5, 5.41) is 3.63. The standard InChI is InChI=1S/C15H31N3O/c1-4-16-15-7-9-19-12-13(15)10-18(3)14-6-5-8-17(2)11-14/h13-16H,4-12H2,1-3H3. The van der Waals surface area contributed by atoms with Gasteiger partial charge in [0.25, 0.3) is 0 Å². The second-order valence-corrected chi connectivity index (χ2v) is 6.29. The molecule has 4 heteroatoms. The van der Waals surface area contributed by atoms with Crippen LogP contribution in [0.25, 0.3) is 0 Å². The van der Waals surface area contributed by atoms with Gasteiger partial charge in [0, 0.05) is 37.7 Å². The molecule has 2 aliphatic rings. The zero-order chi connectivity index (χ0) is 13.7. The van der Waals surface area contributed by atoms with Crippen LogP contribution >= 0.6 is 0 Å². The molecular weight excluding hydrogens is 238 g/mol. The summed E-state index contributed by atoms with van der Waals surface area (Å²) >= 11 is 0. The van der Waals surface area contributed by atoms with Crippen LogP contribution in [0.3, 0.4) is 0 Å². The number of likely N-dealkylation sites (tertiary alicyclic amines) is 1. The van der Waals surface area contributed by atoms with Crippen molar-refractivity contribution in [1.82, 2.24) is 15.1 Å². The fourth-order valence-electron chi connectivity index (χ4n) is 3.53. The van der Waals surface area contributed by atoms with Gasteiger partial charge < -0.3 is 19.9 Å². The number of piperidine rings is 1. The molecule has 0 aromatic rings. The zero-order valence-corrected chi connectivity index (χ0v) is 12.9. The van der Waals surface area contributed by atoms with Crippen LogP contribution in [0.4, 0.5) is 0 Å². The van der Waals surface area contributed by atoms with Gasteiger partial charge in [-0.2, -0.15) is 0 Å². The first kappa shape index (κ1) is 15.2. The Labute approximate surface area is 118 Å². The van der Waals surface area contributed by atoms with E-state index in [-0.39, 0.29) is 0 Å². The number of hydrogen-bond donors (Lipinski definition) is 1. The number of nitrogens with zero attached hydrogens (tertiary/aromatic N) is 2. The summed E-state index contributed by atoms with van der Waals surface area (Å²) in [5.41, 5.74) is 0. The second kappa shape index (κ2) is 7.58. The predicted molar refractivity (Wildman–Crippen MR) is 79.5 cm³/mol. The lowest BCUT2D eigenvalue weighted by atomic mass is 9.94. The Morgan fingerprint density at radius 3 is 2.95 bits per heavy atom. The summed E-state index contributed by atoms with van der Waals surface area (Å²) in [5.74, 6) is 0.644. The Morgan fingerprint density at radius 1 is 1.37 bits per heavy atom. The van der Waals surface area contributed by atoms with Gasteiger partial charge in [-0.1, -0.05) is 6.92 Å². The van der Waals surface area contributed by atoms with Crippen molar-refractivity contribution in [2.75, 3.05) is 53.5 Å². The molecule has 2 saturated heterocycles. The van der Waals surface area contributed by atoms with E-state index in [2.05, 4.69) is 36.1 Å². The minimum atomic E-state index is 0.641.